The number of hydrogen-bond donors (Lipinski definition) is 2. The van der Waals surface area contributed by atoms with Crippen LogP contribution in [0.3, 0.4) is 0 Å². The average molecular weight is 450 g/mol. The van der Waals surface area contributed by atoms with Gasteiger partial charge in [0.1, 0.15) is 12.3 Å². The highest BCUT2D eigenvalue weighted by Crippen LogP contribution is 2.49. The lowest BCUT2D eigenvalue weighted by Crippen LogP contribution is -2.57. The van der Waals surface area contributed by atoms with Crippen LogP contribution in [0.25, 0.3) is 0 Å². The molecule has 2 aliphatic heterocycles. The molecule has 0 aromatic heterocycles. The first-order valence-corrected chi connectivity index (χ1v) is 11.8. The number of methoxy groups -OCH3 is 1. The van der Waals surface area contributed by atoms with Crippen LogP contribution >= 0.6 is 0 Å². The molecule has 2 aromatic carbocycles. The van der Waals surface area contributed by atoms with Crippen LogP contribution in [-0.2, 0) is 9.59 Å². The highest BCUT2D eigenvalue weighted by molar-refractivity contribution is 6.10. The van der Waals surface area contributed by atoms with Gasteiger partial charge >= 0.3 is 0 Å². The van der Waals surface area contributed by atoms with Crippen molar-refractivity contribution in [3.8, 4) is 5.75 Å². The van der Waals surface area contributed by atoms with Gasteiger partial charge in [-0.25, -0.2) is 0 Å². The minimum Gasteiger partial charge on any atom is -0.497 e. The van der Waals surface area contributed by atoms with Crippen LogP contribution in [0.2, 0.25) is 0 Å². The van der Waals surface area contributed by atoms with E-state index < -0.39 is 5.60 Å². The Morgan fingerprint density at radius 1 is 1.15 bits per heavy atom. The fraction of sp³-hybridized carbons (Fsp3) is 0.462. The zero-order valence-electron chi connectivity index (χ0n) is 19.0. The Morgan fingerprint density at radius 3 is 2.73 bits per heavy atom. The number of carbonyl (C=O) groups is 2. The maximum atomic E-state index is 13.5. The summed E-state index contributed by atoms with van der Waals surface area (Å²) < 4.78 is 5.34. The van der Waals surface area contributed by atoms with E-state index in [0.29, 0.717) is 18.7 Å². The third-order valence-corrected chi connectivity index (χ3v) is 7.54. The van der Waals surface area contributed by atoms with Gasteiger partial charge in [-0.15, -0.1) is 0 Å². The molecule has 2 fully saturated rings. The van der Waals surface area contributed by atoms with E-state index in [0.717, 1.165) is 42.7 Å². The summed E-state index contributed by atoms with van der Waals surface area (Å²) in [6, 6.07) is 15.3. The first-order chi connectivity index (χ1) is 16.0. The Balaban J connectivity index is 1.44. The van der Waals surface area contributed by atoms with E-state index in [1.807, 2.05) is 48.5 Å². The third kappa shape index (κ3) is 4.11. The highest BCUT2D eigenvalue weighted by Gasteiger charge is 2.49. The van der Waals surface area contributed by atoms with E-state index in [1.165, 1.54) is 0 Å². The summed E-state index contributed by atoms with van der Waals surface area (Å²) in [4.78, 5) is 29.5. The Kier molecular flexibility index (Phi) is 5.85. The van der Waals surface area contributed by atoms with Crippen molar-refractivity contribution in [3.05, 3.63) is 54.1 Å². The molecule has 5 rings (SSSR count). The number of benzene rings is 2. The number of fused-ring (bicyclic) bond motifs is 2. The molecule has 2 N–H and O–H groups in total. The van der Waals surface area contributed by atoms with Gasteiger partial charge in [-0.3, -0.25) is 19.4 Å². The maximum absolute atomic E-state index is 13.5. The molecule has 1 saturated carbocycles. The number of aliphatic hydroxyl groups is 1. The number of carbonyl (C=O) groups excluding carboxylic acids is 2. The number of piperidine rings is 1. The lowest BCUT2D eigenvalue weighted by molar-refractivity contribution is -0.136. The summed E-state index contributed by atoms with van der Waals surface area (Å²) in [6.45, 7) is 0.853. The second-order valence-electron chi connectivity index (χ2n) is 9.44. The van der Waals surface area contributed by atoms with Gasteiger partial charge in [-0.2, -0.15) is 0 Å². The number of nitrogens with zero attached hydrogens (tertiary/aromatic N) is 2. The predicted molar refractivity (Wildman–Crippen MR) is 126 cm³/mol. The molecule has 0 bridgehead atoms. The standard InChI is InChI=1S/C26H31N3O4/c1-33-19-11-9-18(10-12-19)25-20-6-4-5-13-26(20,32)14-15-28(25)17-24(31)29-16-23(30)27-21-7-2-3-8-22(21)29/h2-3,7-12,20,25,32H,4-6,13-17H2,1H3,(H,27,30)/t20-,25-,26-/m1/s1. The van der Waals surface area contributed by atoms with Crippen LogP contribution in [0.4, 0.5) is 11.4 Å². The Labute approximate surface area is 194 Å². The lowest BCUT2D eigenvalue weighted by atomic mass is 9.66. The van der Waals surface area contributed by atoms with Crippen LogP contribution in [-0.4, -0.2) is 54.2 Å². The molecular formula is C26H31N3O4. The van der Waals surface area contributed by atoms with Gasteiger partial charge in [-0.1, -0.05) is 37.1 Å². The summed E-state index contributed by atoms with van der Waals surface area (Å²) in [6.07, 6.45) is 4.54. The number of anilines is 2. The molecule has 2 amide bonds. The van der Waals surface area contributed by atoms with E-state index in [1.54, 1.807) is 12.0 Å². The number of rotatable bonds is 4. The summed E-state index contributed by atoms with van der Waals surface area (Å²) >= 11 is 0. The largest absolute Gasteiger partial charge is 0.497 e. The number of hydrogen-bond acceptors (Lipinski definition) is 5. The van der Waals surface area contributed by atoms with Gasteiger partial charge in [0.15, 0.2) is 0 Å². The molecule has 1 aliphatic carbocycles. The van der Waals surface area contributed by atoms with Gasteiger partial charge in [0.2, 0.25) is 11.8 Å². The van der Waals surface area contributed by atoms with Crippen molar-refractivity contribution in [2.75, 3.05) is 37.0 Å². The maximum Gasteiger partial charge on any atom is 0.244 e. The molecule has 2 aromatic rings. The van der Waals surface area contributed by atoms with Crippen molar-refractivity contribution in [3.63, 3.8) is 0 Å². The molecule has 7 heteroatoms. The summed E-state index contributed by atoms with van der Waals surface area (Å²) in [7, 11) is 1.65. The first kappa shape index (κ1) is 21.9. The second-order valence-corrected chi connectivity index (χ2v) is 9.44. The van der Waals surface area contributed by atoms with Gasteiger partial charge in [0, 0.05) is 18.5 Å². The molecule has 2 heterocycles. The Hall–Kier alpha value is -2.90. The van der Waals surface area contributed by atoms with Gasteiger partial charge < -0.3 is 15.2 Å². The SMILES string of the molecule is COc1ccc([C@@H]2[C@H]3CCCC[C@@]3(O)CCN2CC(=O)N2CC(=O)Nc3ccccc32)cc1. The van der Waals surface area contributed by atoms with Crippen molar-refractivity contribution in [1.82, 2.24) is 4.90 Å². The molecule has 0 spiro atoms. The van der Waals surface area contributed by atoms with Crippen LogP contribution < -0.4 is 15.0 Å². The Bertz CT molecular complexity index is 1040. The predicted octanol–water partition coefficient (Wildman–Crippen LogP) is 3.35. The summed E-state index contributed by atoms with van der Waals surface area (Å²) in [5.41, 5.74) is 1.79. The topological polar surface area (TPSA) is 82.1 Å². The van der Waals surface area contributed by atoms with Gasteiger partial charge in [0.25, 0.3) is 0 Å². The summed E-state index contributed by atoms with van der Waals surface area (Å²) in [5.74, 6) is 0.566. The number of likely N-dealkylation sites (tertiary alicyclic amines) is 1. The fourth-order valence-corrected chi connectivity index (χ4v) is 5.88. The van der Waals surface area contributed by atoms with Crippen molar-refractivity contribution in [2.24, 2.45) is 5.92 Å². The highest BCUT2D eigenvalue weighted by atomic mass is 16.5. The molecular weight excluding hydrogens is 418 g/mol. The van der Waals surface area contributed by atoms with E-state index in [2.05, 4.69) is 10.2 Å². The van der Waals surface area contributed by atoms with Crippen LogP contribution in [0.15, 0.2) is 48.5 Å². The quantitative estimate of drug-likeness (QED) is 0.748. The minimum atomic E-state index is -0.694. The smallest absolute Gasteiger partial charge is 0.244 e. The number of amides is 2. The molecule has 174 valence electrons. The monoisotopic (exact) mass is 449 g/mol. The number of para-hydroxylation sites is 2. The second kappa shape index (κ2) is 8.80. The zero-order chi connectivity index (χ0) is 23.0. The number of ether oxygens (including phenoxy) is 1. The van der Waals surface area contributed by atoms with E-state index in [-0.39, 0.29) is 36.9 Å². The van der Waals surface area contributed by atoms with Crippen molar-refractivity contribution < 1.29 is 19.4 Å². The van der Waals surface area contributed by atoms with Crippen molar-refractivity contribution in [1.29, 1.82) is 0 Å². The van der Waals surface area contributed by atoms with Crippen LogP contribution in [0, 0.1) is 5.92 Å². The normalized spacial score (nSPS) is 27.3. The molecule has 33 heavy (non-hydrogen) atoms. The Morgan fingerprint density at radius 2 is 1.94 bits per heavy atom. The van der Waals surface area contributed by atoms with E-state index in [4.69, 9.17) is 4.74 Å². The number of nitrogens with one attached hydrogen (secondary N) is 1. The van der Waals surface area contributed by atoms with Crippen molar-refractivity contribution in [2.45, 2.75) is 43.7 Å². The van der Waals surface area contributed by atoms with Gasteiger partial charge in [0.05, 0.1) is 30.6 Å². The van der Waals surface area contributed by atoms with E-state index in [9.17, 15) is 14.7 Å². The zero-order valence-corrected chi connectivity index (χ0v) is 19.0. The minimum absolute atomic E-state index is 0.0181. The third-order valence-electron chi connectivity index (χ3n) is 7.54. The lowest BCUT2D eigenvalue weighted by Gasteiger charge is -2.52. The van der Waals surface area contributed by atoms with E-state index >= 15 is 0 Å². The van der Waals surface area contributed by atoms with Gasteiger partial charge in [-0.05, 0) is 49.1 Å². The first-order valence-electron chi connectivity index (χ1n) is 11.8. The molecule has 0 radical (unpaired) electrons. The summed E-state index contributed by atoms with van der Waals surface area (Å²) in [5, 5.41) is 14.3. The van der Waals surface area contributed by atoms with Crippen LogP contribution in [0.5, 0.6) is 5.75 Å². The van der Waals surface area contributed by atoms with Crippen molar-refractivity contribution >= 4 is 23.2 Å². The molecule has 7 nitrogen and oxygen atoms in total. The molecule has 0 unspecified atom stereocenters. The molecule has 3 atom stereocenters. The molecule has 3 aliphatic rings. The van der Waals surface area contributed by atoms with Crippen LogP contribution in [0.1, 0.15) is 43.7 Å². The fourth-order valence-electron chi connectivity index (χ4n) is 5.88. The molecule has 1 saturated heterocycles. The average Bonchev–Trinajstić information content (AvgIpc) is 2.83.